The number of methoxy groups -OCH3 is 1. The van der Waals surface area contributed by atoms with E-state index in [4.69, 9.17) is 9.47 Å². The van der Waals surface area contributed by atoms with E-state index in [2.05, 4.69) is 15.0 Å². The van der Waals surface area contributed by atoms with Gasteiger partial charge in [0.05, 0.1) is 24.5 Å². The molecule has 1 atom stereocenters. The Balaban J connectivity index is 1.48. The van der Waals surface area contributed by atoms with Crippen molar-refractivity contribution in [2.24, 2.45) is 0 Å². The molecule has 1 fully saturated rings. The standard InChI is InChI=1S/C20H20N4O3S/c1-26-15-5-2-6-16(8-15)27-19-10-21-9-17(23-19)14-4-3-7-24(11-14)20(25)18-12-28-13-22-18/h2,5-6,8-10,12-14H,3-4,7,11H2,1H3/t14-/m1/s1. The fraction of sp³-hybridized carbons (Fsp3) is 0.300. The SMILES string of the molecule is COc1cccc(Oc2cncc([C@@H]3CCCN(C(=O)c4cscn4)C3)n2)c1. The Hall–Kier alpha value is -3.00. The molecule has 1 saturated heterocycles. The summed E-state index contributed by atoms with van der Waals surface area (Å²) in [6.45, 7) is 1.34. The lowest BCUT2D eigenvalue weighted by Gasteiger charge is -2.32. The first kappa shape index (κ1) is 18.4. The van der Waals surface area contributed by atoms with Gasteiger partial charge in [-0.1, -0.05) is 6.07 Å². The molecule has 4 rings (SSSR count). The van der Waals surface area contributed by atoms with Crippen molar-refractivity contribution in [3.05, 3.63) is 58.9 Å². The van der Waals surface area contributed by atoms with Crippen LogP contribution in [0.15, 0.2) is 47.5 Å². The molecule has 0 unspecified atom stereocenters. The normalized spacial score (nSPS) is 16.6. The van der Waals surface area contributed by atoms with Gasteiger partial charge < -0.3 is 14.4 Å². The van der Waals surface area contributed by atoms with Crippen LogP contribution in [0.2, 0.25) is 0 Å². The van der Waals surface area contributed by atoms with Crippen LogP contribution >= 0.6 is 11.3 Å². The van der Waals surface area contributed by atoms with E-state index in [-0.39, 0.29) is 11.8 Å². The number of amides is 1. The van der Waals surface area contributed by atoms with Crippen molar-refractivity contribution in [2.45, 2.75) is 18.8 Å². The molecule has 3 aromatic rings. The van der Waals surface area contributed by atoms with Crippen molar-refractivity contribution in [1.82, 2.24) is 19.9 Å². The Morgan fingerprint density at radius 1 is 1.29 bits per heavy atom. The maximum absolute atomic E-state index is 12.6. The van der Waals surface area contributed by atoms with E-state index in [1.807, 2.05) is 23.1 Å². The lowest BCUT2D eigenvalue weighted by Crippen LogP contribution is -2.39. The molecule has 3 heterocycles. The third-order valence-electron chi connectivity index (χ3n) is 4.67. The van der Waals surface area contributed by atoms with Crippen LogP contribution in [0.3, 0.4) is 0 Å². The highest BCUT2D eigenvalue weighted by Crippen LogP contribution is 2.29. The van der Waals surface area contributed by atoms with Gasteiger partial charge in [0, 0.05) is 36.7 Å². The highest BCUT2D eigenvalue weighted by atomic mass is 32.1. The minimum atomic E-state index is -0.0253. The minimum Gasteiger partial charge on any atom is -0.497 e. The molecule has 1 aliphatic heterocycles. The second-order valence-electron chi connectivity index (χ2n) is 6.53. The van der Waals surface area contributed by atoms with Crippen molar-refractivity contribution in [1.29, 1.82) is 0 Å². The van der Waals surface area contributed by atoms with Crippen LogP contribution in [0.5, 0.6) is 17.4 Å². The van der Waals surface area contributed by atoms with Crippen LogP contribution in [-0.4, -0.2) is 46.0 Å². The number of aromatic nitrogens is 3. The number of nitrogens with zero attached hydrogens (tertiary/aromatic N) is 4. The lowest BCUT2D eigenvalue weighted by molar-refractivity contribution is 0.0700. The van der Waals surface area contributed by atoms with Crippen molar-refractivity contribution in [3.63, 3.8) is 0 Å². The first-order valence-electron chi connectivity index (χ1n) is 9.04. The molecule has 0 saturated carbocycles. The van der Waals surface area contributed by atoms with Gasteiger partial charge in [-0.25, -0.2) is 9.97 Å². The van der Waals surface area contributed by atoms with E-state index in [0.717, 1.165) is 25.1 Å². The Morgan fingerprint density at radius 3 is 3.00 bits per heavy atom. The molecule has 0 radical (unpaired) electrons. The molecule has 8 heteroatoms. The molecule has 0 N–H and O–H groups in total. The zero-order valence-corrected chi connectivity index (χ0v) is 16.3. The molecule has 144 valence electrons. The highest BCUT2D eigenvalue weighted by molar-refractivity contribution is 7.07. The smallest absolute Gasteiger partial charge is 0.273 e. The number of likely N-dealkylation sites (tertiary alicyclic amines) is 1. The van der Waals surface area contributed by atoms with E-state index < -0.39 is 0 Å². The Kier molecular flexibility index (Phi) is 5.48. The molecule has 0 spiro atoms. The maximum atomic E-state index is 12.6. The zero-order valence-electron chi connectivity index (χ0n) is 15.4. The van der Waals surface area contributed by atoms with E-state index in [1.54, 1.807) is 36.5 Å². The third kappa shape index (κ3) is 4.12. The van der Waals surface area contributed by atoms with E-state index in [9.17, 15) is 4.79 Å². The number of rotatable bonds is 5. The van der Waals surface area contributed by atoms with Gasteiger partial charge in [0.15, 0.2) is 0 Å². The largest absolute Gasteiger partial charge is 0.497 e. The summed E-state index contributed by atoms with van der Waals surface area (Å²) in [7, 11) is 1.61. The molecule has 28 heavy (non-hydrogen) atoms. The molecule has 1 amide bonds. The monoisotopic (exact) mass is 396 g/mol. The van der Waals surface area contributed by atoms with Crippen LogP contribution in [0.1, 0.15) is 34.9 Å². The zero-order chi connectivity index (χ0) is 19.3. The van der Waals surface area contributed by atoms with E-state index in [0.29, 0.717) is 29.6 Å². The number of carbonyl (C=O) groups is 1. The average molecular weight is 396 g/mol. The van der Waals surface area contributed by atoms with Gasteiger partial charge in [0.25, 0.3) is 5.91 Å². The number of thiazole rings is 1. The molecular weight excluding hydrogens is 376 g/mol. The average Bonchev–Trinajstić information content (AvgIpc) is 3.28. The summed E-state index contributed by atoms with van der Waals surface area (Å²) < 4.78 is 11.1. The fourth-order valence-corrected chi connectivity index (χ4v) is 3.80. The van der Waals surface area contributed by atoms with Gasteiger partial charge in [-0.2, -0.15) is 0 Å². The first-order chi connectivity index (χ1) is 13.7. The maximum Gasteiger partial charge on any atom is 0.273 e. The Bertz CT molecular complexity index is 948. The van der Waals surface area contributed by atoms with Crippen LogP contribution in [0.25, 0.3) is 0 Å². The summed E-state index contributed by atoms with van der Waals surface area (Å²) >= 11 is 1.43. The van der Waals surface area contributed by atoms with E-state index >= 15 is 0 Å². The van der Waals surface area contributed by atoms with Gasteiger partial charge in [-0.05, 0) is 25.0 Å². The van der Waals surface area contributed by atoms with Gasteiger partial charge in [0.2, 0.25) is 5.88 Å². The Labute approximate surface area is 167 Å². The molecule has 0 bridgehead atoms. The van der Waals surface area contributed by atoms with Gasteiger partial charge in [0.1, 0.15) is 17.2 Å². The number of hydrogen-bond acceptors (Lipinski definition) is 7. The summed E-state index contributed by atoms with van der Waals surface area (Å²) in [5.41, 5.74) is 3.02. The van der Waals surface area contributed by atoms with Crippen molar-refractivity contribution in [3.8, 4) is 17.4 Å². The Morgan fingerprint density at radius 2 is 2.18 bits per heavy atom. The summed E-state index contributed by atoms with van der Waals surface area (Å²) in [4.78, 5) is 27.5. The number of carbonyl (C=O) groups excluding carboxylic acids is 1. The third-order valence-corrected chi connectivity index (χ3v) is 5.26. The van der Waals surface area contributed by atoms with E-state index in [1.165, 1.54) is 11.3 Å². The van der Waals surface area contributed by atoms with Crippen molar-refractivity contribution in [2.75, 3.05) is 20.2 Å². The molecule has 0 aliphatic carbocycles. The highest BCUT2D eigenvalue weighted by Gasteiger charge is 2.27. The fourth-order valence-electron chi connectivity index (χ4n) is 3.28. The molecule has 7 nitrogen and oxygen atoms in total. The van der Waals surface area contributed by atoms with Crippen LogP contribution in [0.4, 0.5) is 0 Å². The van der Waals surface area contributed by atoms with Crippen molar-refractivity contribution >= 4 is 17.2 Å². The second kappa shape index (κ2) is 8.35. The van der Waals surface area contributed by atoms with Crippen molar-refractivity contribution < 1.29 is 14.3 Å². The van der Waals surface area contributed by atoms with Gasteiger partial charge in [-0.3, -0.25) is 9.78 Å². The summed E-state index contributed by atoms with van der Waals surface area (Å²) in [5.74, 6) is 1.87. The summed E-state index contributed by atoms with van der Waals surface area (Å²) in [6.07, 6.45) is 5.21. The van der Waals surface area contributed by atoms with Gasteiger partial charge in [-0.15, -0.1) is 11.3 Å². The minimum absolute atomic E-state index is 0.0253. The second-order valence-corrected chi connectivity index (χ2v) is 7.25. The van der Waals surface area contributed by atoms with Crippen LogP contribution in [-0.2, 0) is 0 Å². The summed E-state index contributed by atoms with van der Waals surface area (Å²) in [6, 6.07) is 7.34. The quantitative estimate of drug-likeness (QED) is 0.654. The summed E-state index contributed by atoms with van der Waals surface area (Å²) in [5, 5.41) is 1.79. The molecule has 1 aliphatic rings. The predicted molar refractivity (Wildman–Crippen MR) is 105 cm³/mol. The lowest BCUT2D eigenvalue weighted by atomic mass is 9.95. The molecule has 2 aromatic heterocycles. The number of piperidine rings is 1. The molecular formula is C20H20N4O3S. The van der Waals surface area contributed by atoms with Crippen LogP contribution in [0, 0.1) is 0 Å². The van der Waals surface area contributed by atoms with Crippen LogP contribution < -0.4 is 9.47 Å². The first-order valence-corrected chi connectivity index (χ1v) is 9.98. The molecule has 1 aromatic carbocycles. The number of ether oxygens (including phenoxy) is 2. The number of benzene rings is 1. The predicted octanol–water partition coefficient (Wildman–Crippen LogP) is 3.75. The number of hydrogen-bond donors (Lipinski definition) is 0. The van der Waals surface area contributed by atoms with Gasteiger partial charge >= 0.3 is 0 Å². The topological polar surface area (TPSA) is 77.4 Å².